The van der Waals surface area contributed by atoms with Gasteiger partial charge >= 0.3 is 5.63 Å². The van der Waals surface area contributed by atoms with Crippen molar-refractivity contribution in [2.75, 3.05) is 6.61 Å². The fourth-order valence-corrected chi connectivity index (χ4v) is 2.59. The Hall–Kier alpha value is -2.30. The number of carbonyl (C=O) groups is 1. The molecule has 122 valence electrons. The molecule has 0 aliphatic heterocycles. The molecule has 2 aromatic carbocycles. The highest BCUT2D eigenvalue weighted by Crippen LogP contribution is 2.24. The maximum absolute atomic E-state index is 12.2. The molecule has 3 aromatic rings. The Morgan fingerprint density at radius 1 is 1.08 bits per heavy atom. The normalized spacial score (nSPS) is 10.8. The third-order valence-corrected chi connectivity index (χ3v) is 4.27. The van der Waals surface area contributed by atoms with Crippen LogP contribution in [0.15, 0.2) is 51.7 Å². The summed E-state index contributed by atoms with van der Waals surface area (Å²) in [6, 6.07) is 11.2. The molecule has 1 heterocycles. The molecular weight excluding hydrogens is 351 g/mol. The van der Waals surface area contributed by atoms with Crippen molar-refractivity contribution in [3.8, 4) is 5.75 Å². The van der Waals surface area contributed by atoms with Crippen LogP contribution in [-0.2, 0) is 0 Å². The second-order valence-electron chi connectivity index (χ2n) is 5.25. The van der Waals surface area contributed by atoms with E-state index in [9.17, 15) is 9.59 Å². The van der Waals surface area contributed by atoms with Crippen LogP contribution in [0.2, 0.25) is 10.0 Å². The van der Waals surface area contributed by atoms with E-state index in [1.54, 1.807) is 30.3 Å². The summed E-state index contributed by atoms with van der Waals surface area (Å²) in [5.74, 6) is 0.198. The number of hydrogen-bond acceptors (Lipinski definition) is 4. The number of hydrogen-bond donors (Lipinski definition) is 0. The third-order valence-electron chi connectivity index (χ3n) is 3.53. The van der Waals surface area contributed by atoms with Gasteiger partial charge in [-0.2, -0.15) is 0 Å². The molecule has 6 heteroatoms. The van der Waals surface area contributed by atoms with Crippen molar-refractivity contribution in [1.29, 1.82) is 0 Å². The predicted octanol–water partition coefficient (Wildman–Crippen LogP) is 4.67. The first kappa shape index (κ1) is 16.6. The van der Waals surface area contributed by atoms with Crippen LogP contribution in [0.5, 0.6) is 5.75 Å². The zero-order valence-corrected chi connectivity index (χ0v) is 14.1. The molecule has 24 heavy (non-hydrogen) atoms. The first-order valence-corrected chi connectivity index (χ1v) is 7.85. The van der Waals surface area contributed by atoms with Gasteiger partial charge in [-0.1, -0.05) is 23.2 Å². The van der Waals surface area contributed by atoms with E-state index in [0.717, 1.165) is 10.9 Å². The van der Waals surface area contributed by atoms with Crippen LogP contribution in [0, 0.1) is 6.92 Å². The Balaban J connectivity index is 1.78. The van der Waals surface area contributed by atoms with E-state index < -0.39 is 5.63 Å². The van der Waals surface area contributed by atoms with Crippen molar-refractivity contribution in [1.82, 2.24) is 0 Å². The fraction of sp³-hybridized carbons (Fsp3) is 0.111. The Labute approximate surface area is 147 Å². The summed E-state index contributed by atoms with van der Waals surface area (Å²) in [6.45, 7) is 1.66. The summed E-state index contributed by atoms with van der Waals surface area (Å²) in [7, 11) is 0. The summed E-state index contributed by atoms with van der Waals surface area (Å²) in [6.07, 6.45) is 0. The lowest BCUT2D eigenvalue weighted by molar-refractivity contribution is 0.0921. The van der Waals surface area contributed by atoms with Crippen LogP contribution >= 0.6 is 23.2 Å². The summed E-state index contributed by atoms with van der Waals surface area (Å²) < 4.78 is 10.6. The highest BCUT2D eigenvalue weighted by molar-refractivity contribution is 6.42. The van der Waals surface area contributed by atoms with Gasteiger partial charge in [-0.15, -0.1) is 0 Å². The number of carbonyl (C=O) groups excluding carboxylic acids is 1. The molecule has 0 saturated carbocycles. The van der Waals surface area contributed by atoms with Crippen molar-refractivity contribution >= 4 is 40.0 Å². The number of rotatable bonds is 4. The number of halogens is 2. The zero-order valence-electron chi connectivity index (χ0n) is 12.6. The van der Waals surface area contributed by atoms with Gasteiger partial charge in [-0.05, 0) is 42.8 Å². The van der Waals surface area contributed by atoms with Crippen LogP contribution in [0.4, 0.5) is 0 Å². The molecule has 0 atom stereocenters. The maximum Gasteiger partial charge on any atom is 0.336 e. The smallest absolute Gasteiger partial charge is 0.336 e. The number of Topliss-reactive ketones (excluding diaryl/α,β-unsaturated/α-hetero) is 1. The number of fused-ring (bicyclic) bond motifs is 1. The monoisotopic (exact) mass is 362 g/mol. The molecule has 0 aliphatic rings. The van der Waals surface area contributed by atoms with Crippen molar-refractivity contribution in [2.45, 2.75) is 6.92 Å². The maximum atomic E-state index is 12.2. The van der Waals surface area contributed by atoms with E-state index in [0.29, 0.717) is 26.9 Å². The lowest BCUT2D eigenvalue weighted by Gasteiger charge is -2.07. The van der Waals surface area contributed by atoms with Gasteiger partial charge in [-0.25, -0.2) is 4.79 Å². The minimum atomic E-state index is -0.427. The Kier molecular flexibility index (Phi) is 4.60. The summed E-state index contributed by atoms with van der Waals surface area (Å²) in [5, 5.41) is 1.51. The van der Waals surface area contributed by atoms with Crippen LogP contribution in [0.1, 0.15) is 15.9 Å². The first-order valence-electron chi connectivity index (χ1n) is 7.09. The minimum Gasteiger partial charge on any atom is -0.485 e. The van der Waals surface area contributed by atoms with E-state index in [2.05, 4.69) is 0 Å². The largest absolute Gasteiger partial charge is 0.485 e. The third kappa shape index (κ3) is 3.45. The first-order chi connectivity index (χ1) is 11.4. The van der Waals surface area contributed by atoms with Gasteiger partial charge < -0.3 is 9.15 Å². The number of ketones is 1. The quantitative estimate of drug-likeness (QED) is 0.499. The molecule has 0 radical (unpaired) electrons. The lowest BCUT2D eigenvalue weighted by atomic mass is 10.1. The number of benzene rings is 2. The molecule has 0 N–H and O–H groups in total. The highest BCUT2D eigenvalue weighted by Gasteiger charge is 2.10. The van der Waals surface area contributed by atoms with Gasteiger partial charge in [0.15, 0.2) is 12.4 Å². The number of aryl methyl sites for hydroxylation is 1. The average molecular weight is 363 g/mol. The summed E-state index contributed by atoms with van der Waals surface area (Å²) in [4.78, 5) is 23.6. The van der Waals surface area contributed by atoms with Crippen molar-refractivity contribution < 1.29 is 13.9 Å². The predicted molar refractivity (Wildman–Crippen MR) is 93.5 cm³/mol. The topological polar surface area (TPSA) is 56.5 Å². The molecule has 0 unspecified atom stereocenters. The Morgan fingerprint density at radius 2 is 1.88 bits per heavy atom. The Morgan fingerprint density at radius 3 is 2.62 bits per heavy atom. The molecule has 0 aliphatic carbocycles. The molecule has 0 bridgehead atoms. The van der Waals surface area contributed by atoms with Gasteiger partial charge in [0.2, 0.25) is 0 Å². The fourth-order valence-electron chi connectivity index (χ4n) is 2.30. The highest BCUT2D eigenvalue weighted by atomic mass is 35.5. The number of ether oxygens (including phenoxy) is 1. The van der Waals surface area contributed by atoms with Gasteiger partial charge in [0, 0.05) is 23.1 Å². The van der Waals surface area contributed by atoms with E-state index in [4.69, 9.17) is 32.4 Å². The standard InChI is InChI=1S/C18H12Cl2O4/c1-10-6-18(22)24-17-8-12(3-4-13(10)17)23-9-16(21)11-2-5-14(19)15(20)7-11/h2-8H,9H2,1H3. The second-order valence-corrected chi connectivity index (χ2v) is 6.06. The second kappa shape index (κ2) is 6.67. The molecule has 0 amide bonds. The summed E-state index contributed by atoms with van der Waals surface area (Å²) >= 11 is 11.7. The van der Waals surface area contributed by atoms with Crippen LogP contribution in [-0.4, -0.2) is 12.4 Å². The van der Waals surface area contributed by atoms with E-state index in [1.807, 2.05) is 6.92 Å². The molecule has 0 fully saturated rings. The van der Waals surface area contributed by atoms with E-state index in [1.165, 1.54) is 12.1 Å². The van der Waals surface area contributed by atoms with Gasteiger partial charge in [0.1, 0.15) is 11.3 Å². The molecule has 0 saturated heterocycles. The van der Waals surface area contributed by atoms with E-state index >= 15 is 0 Å². The average Bonchev–Trinajstić information content (AvgIpc) is 2.54. The van der Waals surface area contributed by atoms with Crippen LogP contribution < -0.4 is 10.4 Å². The zero-order chi connectivity index (χ0) is 17.3. The molecule has 3 rings (SSSR count). The van der Waals surface area contributed by atoms with Crippen molar-refractivity contribution in [3.05, 3.63) is 74.1 Å². The van der Waals surface area contributed by atoms with Crippen LogP contribution in [0.25, 0.3) is 11.0 Å². The lowest BCUT2D eigenvalue weighted by Crippen LogP contribution is -2.11. The van der Waals surface area contributed by atoms with Gasteiger partial charge in [0.25, 0.3) is 0 Å². The minimum absolute atomic E-state index is 0.167. The molecule has 1 aromatic heterocycles. The van der Waals surface area contributed by atoms with Crippen molar-refractivity contribution in [2.24, 2.45) is 0 Å². The molecule has 4 nitrogen and oxygen atoms in total. The van der Waals surface area contributed by atoms with E-state index in [-0.39, 0.29) is 12.4 Å². The van der Waals surface area contributed by atoms with Gasteiger partial charge in [0.05, 0.1) is 10.0 Å². The molecular formula is C18H12Cl2O4. The SMILES string of the molecule is Cc1cc(=O)oc2cc(OCC(=O)c3ccc(Cl)c(Cl)c3)ccc12. The molecule has 0 spiro atoms. The van der Waals surface area contributed by atoms with Gasteiger partial charge in [-0.3, -0.25) is 4.79 Å². The summed E-state index contributed by atoms with van der Waals surface area (Å²) in [5.41, 5.74) is 1.22. The Bertz CT molecular complexity index is 992. The van der Waals surface area contributed by atoms with Crippen molar-refractivity contribution in [3.63, 3.8) is 0 Å². The van der Waals surface area contributed by atoms with Crippen LogP contribution in [0.3, 0.4) is 0 Å².